The van der Waals surface area contributed by atoms with Crippen LogP contribution < -0.4 is 5.32 Å². The molecule has 0 aliphatic carbocycles. The minimum atomic E-state index is -1.41. The molecule has 0 aliphatic rings. The average Bonchev–Trinajstić information content (AvgIpc) is 2.90. The number of rotatable bonds is 9. The van der Waals surface area contributed by atoms with Crippen LogP contribution in [0.15, 0.2) is 95.2 Å². The van der Waals surface area contributed by atoms with Gasteiger partial charge >= 0.3 is 0 Å². The highest BCUT2D eigenvalue weighted by molar-refractivity contribution is 7.85. The highest BCUT2D eigenvalue weighted by Crippen LogP contribution is 2.40. The van der Waals surface area contributed by atoms with Gasteiger partial charge in [-0.15, -0.1) is 6.58 Å². The Balaban J connectivity index is 1.98. The summed E-state index contributed by atoms with van der Waals surface area (Å²) in [5.74, 6) is 0.881. The van der Waals surface area contributed by atoms with Crippen LogP contribution in [0.4, 0.5) is 5.69 Å². The van der Waals surface area contributed by atoms with E-state index in [0.29, 0.717) is 10.9 Å². The molecule has 0 aromatic heterocycles. The van der Waals surface area contributed by atoms with E-state index in [1.807, 2.05) is 42.5 Å². The number of hydrogen-bond donors (Lipinski definition) is 1. The first kappa shape index (κ1) is 28.1. The first-order valence-electron chi connectivity index (χ1n) is 13.4. The largest absolute Gasteiger partial charge is 0.375 e. The Morgan fingerprint density at radius 3 is 1.92 bits per heavy atom. The van der Waals surface area contributed by atoms with Crippen LogP contribution in [0.25, 0.3) is 10.8 Å². The van der Waals surface area contributed by atoms with Crippen molar-refractivity contribution in [2.45, 2.75) is 75.1 Å². The van der Waals surface area contributed by atoms with Gasteiger partial charge in [0.2, 0.25) is 0 Å². The monoisotopic (exact) mass is 543 g/mol. The number of anilines is 1. The lowest BCUT2D eigenvalue weighted by Gasteiger charge is -2.25. The van der Waals surface area contributed by atoms with Crippen molar-refractivity contribution in [3.63, 3.8) is 0 Å². The third kappa shape index (κ3) is 5.75. The summed E-state index contributed by atoms with van der Waals surface area (Å²) in [6.07, 6.45) is 1.88. The van der Waals surface area contributed by atoms with Crippen molar-refractivity contribution < 1.29 is 4.21 Å². The van der Waals surface area contributed by atoms with E-state index in [1.54, 1.807) is 0 Å². The predicted molar refractivity (Wildman–Crippen MR) is 165 cm³/mol. The second kappa shape index (κ2) is 11.9. The van der Waals surface area contributed by atoms with Gasteiger partial charge in [-0.25, -0.2) is 4.21 Å². The fraction of sp³-hybridized carbons (Fsp3) is 0.294. The first-order valence-corrected chi connectivity index (χ1v) is 14.9. The Kier molecular flexibility index (Phi) is 8.80. The number of fused-ring (bicyclic) bond motifs is 1. The Hall–Kier alpha value is -2.88. The van der Waals surface area contributed by atoms with Crippen molar-refractivity contribution in [1.82, 2.24) is 0 Å². The lowest BCUT2D eigenvalue weighted by molar-refractivity contribution is 0.675. The molecule has 198 valence electrons. The molecule has 4 aromatic rings. The Labute approximate surface area is 235 Å². The van der Waals surface area contributed by atoms with Crippen LogP contribution in [0.1, 0.15) is 87.6 Å². The van der Waals surface area contributed by atoms with Gasteiger partial charge in [0.25, 0.3) is 0 Å². The van der Waals surface area contributed by atoms with Gasteiger partial charge in [0.1, 0.15) is 0 Å². The zero-order valence-corrected chi connectivity index (χ0v) is 24.8. The number of halogens is 1. The molecular formula is C34H38ClNOS. The van der Waals surface area contributed by atoms with E-state index in [-0.39, 0.29) is 17.9 Å². The lowest BCUT2D eigenvalue weighted by atomic mass is 9.89. The summed E-state index contributed by atoms with van der Waals surface area (Å²) in [7, 11) is -1.41. The molecule has 0 bridgehead atoms. The summed E-state index contributed by atoms with van der Waals surface area (Å²) in [6.45, 7) is 17.4. The van der Waals surface area contributed by atoms with E-state index in [9.17, 15) is 4.21 Å². The molecule has 0 radical (unpaired) electrons. The zero-order chi connectivity index (χ0) is 27.6. The summed E-state index contributed by atoms with van der Waals surface area (Å²) in [5, 5.41) is 6.34. The van der Waals surface area contributed by atoms with E-state index in [2.05, 4.69) is 89.8 Å². The molecule has 0 fully saturated rings. The van der Waals surface area contributed by atoms with Crippen molar-refractivity contribution in [3.8, 4) is 0 Å². The van der Waals surface area contributed by atoms with Crippen LogP contribution in [0.2, 0.25) is 5.02 Å². The molecule has 0 spiro atoms. The molecule has 0 heterocycles. The Morgan fingerprint density at radius 2 is 1.37 bits per heavy atom. The van der Waals surface area contributed by atoms with Crippen LogP contribution in [0.5, 0.6) is 0 Å². The van der Waals surface area contributed by atoms with E-state index in [1.165, 1.54) is 5.56 Å². The summed E-state index contributed by atoms with van der Waals surface area (Å²) in [4.78, 5) is 1.79. The summed E-state index contributed by atoms with van der Waals surface area (Å²) < 4.78 is 15.0. The second-order valence-corrected chi connectivity index (χ2v) is 12.6. The van der Waals surface area contributed by atoms with E-state index >= 15 is 0 Å². The van der Waals surface area contributed by atoms with Gasteiger partial charge in [-0.3, -0.25) is 0 Å². The quantitative estimate of drug-likeness (QED) is 0.213. The smallest absolute Gasteiger partial charge is 0.0865 e. The molecule has 4 heteroatoms. The minimum absolute atomic E-state index is 0.236. The standard InChI is InChI=1S/C34H38ClNOS/c1-8-32(36-27-16-14-26(35)15-17-27)29-18-13-24-11-9-10-12-28(24)33(29)38(37)34-30(22(4)5)19-25(21(2)3)20-31(34)23(6)7/h8-23,32,36H,1H2,2-7H3/t32-,38?/m1/s1. The van der Waals surface area contributed by atoms with Gasteiger partial charge in [0.05, 0.1) is 26.6 Å². The first-order chi connectivity index (χ1) is 18.1. The highest BCUT2D eigenvalue weighted by Gasteiger charge is 2.27. The highest BCUT2D eigenvalue weighted by atomic mass is 35.5. The predicted octanol–water partition coefficient (Wildman–Crippen LogP) is 10.4. The van der Waals surface area contributed by atoms with Crippen molar-refractivity contribution in [2.75, 3.05) is 5.32 Å². The fourth-order valence-electron chi connectivity index (χ4n) is 4.91. The van der Waals surface area contributed by atoms with Crippen LogP contribution in [0.3, 0.4) is 0 Å². The molecule has 4 aromatic carbocycles. The summed E-state index contributed by atoms with van der Waals surface area (Å²) in [5.41, 5.74) is 5.51. The molecule has 0 aliphatic heterocycles. The molecule has 0 amide bonds. The molecule has 0 saturated carbocycles. The van der Waals surface area contributed by atoms with Gasteiger partial charge in [-0.05, 0) is 75.0 Å². The van der Waals surface area contributed by atoms with Gasteiger partial charge < -0.3 is 5.32 Å². The van der Waals surface area contributed by atoms with E-state index in [4.69, 9.17) is 11.6 Å². The SMILES string of the molecule is C=C[C@@H](Nc1ccc(Cl)cc1)c1ccc2ccccc2c1S(=O)c1c(C(C)C)cc(C(C)C)cc1C(C)C. The number of hydrogen-bond acceptors (Lipinski definition) is 2. The molecule has 1 N–H and O–H groups in total. The molecule has 0 saturated heterocycles. The number of nitrogens with one attached hydrogen (secondary N) is 1. The van der Waals surface area contributed by atoms with Crippen molar-refractivity contribution in [2.24, 2.45) is 0 Å². The van der Waals surface area contributed by atoms with Crippen molar-refractivity contribution >= 4 is 38.9 Å². The fourth-order valence-corrected chi connectivity index (χ4v) is 7.05. The number of benzene rings is 4. The van der Waals surface area contributed by atoms with Crippen LogP contribution in [-0.2, 0) is 10.8 Å². The summed E-state index contributed by atoms with van der Waals surface area (Å²) in [6, 6.07) is 24.4. The molecule has 1 unspecified atom stereocenters. The Morgan fingerprint density at radius 1 is 0.763 bits per heavy atom. The van der Waals surface area contributed by atoms with Crippen LogP contribution in [0, 0.1) is 0 Å². The van der Waals surface area contributed by atoms with E-state index < -0.39 is 10.8 Å². The third-order valence-electron chi connectivity index (χ3n) is 7.10. The molecule has 4 rings (SSSR count). The zero-order valence-electron chi connectivity index (χ0n) is 23.2. The van der Waals surface area contributed by atoms with Gasteiger partial charge in [-0.2, -0.15) is 0 Å². The van der Waals surface area contributed by atoms with Gasteiger partial charge in [0, 0.05) is 10.7 Å². The Bertz CT molecular complexity index is 1440. The van der Waals surface area contributed by atoms with Crippen molar-refractivity contribution in [3.05, 3.63) is 113 Å². The van der Waals surface area contributed by atoms with Crippen LogP contribution in [-0.4, -0.2) is 4.21 Å². The molecule has 38 heavy (non-hydrogen) atoms. The second-order valence-electron chi connectivity index (χ2n) is 10.8. The third-order valence-corrected chi connectivity index (χ3v) is 9.02. The maximum Gasteiger partial charge on any atom is 0.0865 e. The average molecular weight is 544 g/mol. The van der Waals surface area contributed by atoms with Gasteiger partial charge in [-0.1, -0.05) is 108 Å². The normalized spacial score (nSPS) is 13.3. The topological polar surface area (TPSA) is 29.1 Å². The lowest BCUT2D eigenvalue weighted by Crippen LogP contribution is -2.14. The maximum absolute atomic E-state index is 15.0. The molecule has 2 nitrogen and oxygen atoms in total. The van der Waals surface area contributed by atoms with Crippen LogP contribution >= 0.6 is 11.6 Å². The molecular weight excluding hydrogens is 506 g/mol. The summed E-state index contributed by atoms with van der Waals surface area (Å²) >= 11 is 6.12. The van der Waals surface area contributed by atoms with Gasteiger partial charge in [0.15, 0.2) is 0 Å². The van der Waals surface area contributed by atoms with E-state index in [0.717, 1.165) is 42.9 Å². The molecule has 2 atom stereocenters. The maximum atomic E-state index is 15.0. The van der Waals surface area contributed by atoms with Crippen molar-refractivity contribution in [1.29, 1.82) is 0 Å². The minimum Gasteiger partial charge on any atom is -0.375 e.